The zero-order chi connectivity index (χ0) is 14.3. The summed E-state index contributed by atoms with van der Waals surface area (Å²) < 4.78 is 1.95. The van der Waals surface area contributed by atoms with Crippen molar-refractivity contribution in [1.82, 2.24) is 14.7 Å². The number of hydrogen-bond donors (Lipinski definition) is 2. The van der Waals surface area contributed by atoms with E-state index in [9.17, 15) is 4.79 Å². The number of aliphatic hydroxyl groups excluding tert-OH is 1. The van der Waals surface area contributed by atoms with Gasteiger partial charge < -0.3 is 15.3 Å². The average Bonchev–Trinajstić information content (AvgIpc) is 2.38. The Bertz CT molecular complexity index is 448. The van der Waals surface area contributed by atoms with Gasteiger partial charge in [0.1, 0.15) is 4.47 Å². The summed E-state index contributed by atoms with van der Waals surface area (Å²) in [5.41, 5.74) is 0.568. The van der Waals surface area contributed by atoms with Gasteiger partial charge >= 0.3 is 0 Å². The zero-order valence-corrected chi connectivity index (χ0v) is 13.0. The average molecular weight is 333 g/mol. The molecule has 0 saturated heterocycles. The standard InChI is InChI=1S/C12H21BrN4O2/c1-16(2)6-7-17-12(19)11(13)10(9-15-17)14-5-3-4-8-18/h9,14,18H,3-8H2,1-2H3. The van der Waals surface area contributed by atoms with Crippen molar-refractivity contribution in [2.75, 3.05) is 39.1 Å². The fraction of sp³-hybridized carbons (Fsp3) is 0.667. The molecular weight excluding hydrogens is 312 g/mol. The van der Waals surface area contributed by atoms with E-state index in [2.05, 4.69) is 26.3 Å². The normalized spacial score (nSPS) is 11.0. The third-order valence-electron chi connectivity index (χ3n) is 2.64. The van der Waals surface area contributed by atoms with Crippen LogP contribution in [0.5, 0.6) is 0 Å². The Labute approximate surface area is 121 Å². The molecule has 1 rings (SSSR count). The van der Waals surface area contributed by atoms with Crippen LogP contribution < -0.4 is 10.9 Å². The van der Waals surface area contributed by atoms with Crippen LogP contribution in [0.2, 0.25) is 0 Å². The van der Waals surface area contributed by atoms with Gasteiger partial charge in [-0.25, -0.2) is 4.68 Å². The molecule has 0 aliphatic carbocycles. The van der Waals surface area contributed by atoms with Gasteiger partial charge in [0.2, 0.25) is 0 Å². The number of likely N-dealkylation sites (N-methyl/N-ethyl adjacent to an activating group) is 1. The molecule has 1 aromatic heterocycles. The lowest BCUT2D eigenvalue weighted by Crippen LogP contribution is -2.29. The van der Waals surface area contributed by atoms with Crippen molar-refractivity contribution >= 4 is 21.6 Å². The van der Waals surface area contributed by atoms with E-state index in [1.807, 2.05) is 19.0 Å². The number of aliphatic hydroxyl groups is 1. The third kappa shape index (κ3) is 5.30. The molecule has 0 atom stereocenters. The van der Waals surface area contributed by atoms with Crippen LogP contribution in [0.15, 0.2) is 15.5 Å². The first-order chi connectivity index (χ1) is 9.06. The van der Waals surface area contributed by atoms with Gasteiger partial charge in [0, 0.05) is 19.7 Å². The molecule has 0 aliphatic heterocycles. The van der Waals surface area contributed by atoms with Crippen molar-refractivity contribution in [3.05, 3.63) is 21.0 Å². The van der Waals surface area contributed by atoms with Gasteiger partial charge in [0.05, 0.1) is 18.4 Å². The Balaban J connectivity index is 2.66. The van der Waals surface area contributed by atoms with Crippen LogP contribution in [-0.4, -0.2) is 53.6 Å². The van der Waals surface area contributed by atoms with Crippen molar-refractivity contribution in [2.45, 2.75) is 19.4 Å². The Morgan fingerprint density at radius 2 is 2.21 bits per heavy atom. The minimum Gasteiger partial charge on any atom is -0.396 e. The lowest BCUT2D eigenvalue weighted by atomic mass is 10.3. The first kappa shape index (κ1) is 16.1. The van der Waals surface area contributed by atoms with E-state index in [1.165, 1.54) is 4.68 Å². The highest BCUT2D eigenvalue weighted by molar-refractivity contribution is 9.10. The maximum Gasteiger partial charge on any atom is 0.283 e. The fourth-order valence-corrected chi connectivity index (χ4v) is 1.95. The molecule has 1 heterocycles. The van der Waals surface area contributed by atoms with Crippen LogP contribution in [0.1, 0.15) is 12.8 Å². The predicted octanol–water partition coefficient (Wildman–Crippen LogP) is 0.752. The van der Waals surface area contributed by atoms with Gasteiger partial charge in [-0.05, 0) is 42.9 Å². The molecule has 0 saturated carbocycles. The lowest BCUT2D eigenvalue weighted by Gasteiger charge is -2.12. The molecule has 6 nitrogen and oxygen atoms in total. The minimum atomic E-state index is -0.131. The number of aromatic nitrogens is 2. The highest BCUT2D eigenvalue weighted by Crippen LogP contribution is 2.15. The number of anilines is 1. The molecule has 0 fully saturated rings. The highest BCUT2D eigenvalue weighted by atomic mass is 79.9. The molecule has 0 unspecified atom stereocenters. The monoisotopic (exact) mass is 332 g/mol. The molecule has 0 aliphatic rings. The van der Waals surface area contributed by atoms with E-state index < -0.39 is 0 Å². The zero-order valence-electron chi connectivity index (χ0n) is 11.4. The van der Waals surface area contributed by atoms with E-state index in [1.54, 1.807) is 6.20 Å². The molecule has 108 valence electrons. The first-order valence-electron chi connectivity index (χ1n) is 6.31. The Kier molecular flexibility index (Phi) is 7.04. The maximum atomic E-state index is 12.0. The molecular formula is C12H21BrN4O2. The number of hydrogen-bond acceptors (Lipinski definition) is 5. The summed E-state index contributed by atoms with van der Waals surface area (Å²) >= 11 is 3.31. The molecule has 0 spiro atoms. The number of unbranched alkanes of at least 4 members (excludes halogenated alkanes) is 1. The van der Waals surface area contributed by atoms with Gasteiger partial charge in [-0.3, -0.25) is 4.79 Å². The van der Waals surface area contributed by atoms with Crippen molar-refractivity contribution in [2.24, 2.45) is 0 Å². The van der Waals surface area contributed by atoms with E-state index in [0.29, 0.717) is 23.2 Å². The van der Waals surface area contributed by atoms with Gasteiger partial charge in [0.15, 0.2) is 0 Å². The summed E-state index contributed by atoms with van der Waals surface area (Å²) in [4.78, 5) is 14.0. The van der Waals surface area contributed by atoms with Crippen LogP contribution in [0.25, 0.3) is 0 Å². The van der Waals surface area contributed by atoms with Crippen molar-refractivity contribution < 1.29 is 5.11 Å². The number of nitrogens with one attached hydrogen (secondary N) is 1. The van der Waals surface area contributed by atoms with E-state index in [-0.39, 0.29) is 12.2 Å². The molecule has 0 amide bonds. The van der Waals surface area contributed by atoms with E-state index in [0.717, 1.165) is 19.4 Å². The first-order valence-corrected chi connectivity index (χ1v) is 7.10. The van der Waals surface area contributed by atoms with Crippen LogP contribution >= 0.6 is 15.9 Å². The van der Waals surface area contributed by atoms with Crippen molar-refractivity contribution in [3.8, 4) is 0 Å². The van der Waals surface area contributed by atoms with Gasteiger partial charge in [-0.15, -0.1) is 0 Å². The fourth-order valence-electron chi connectivity index (χ4n) is 1.50. The second-order valence-corrected chi connectivity index (χ2v) is 5.35. The lowest BCUT2D eigenvalue weighted by molar-refractivity contribution is 0.286. The van der Waals surface area contributed by atoms with Crippen LogP contribution in [0.3, 0.4) is 0 Å². The smallest absolute Gasteiger partial charge is 0.283 e. The molecule has 0 aromatic carbocycles. The van der Waals surface area contributed by atoms with Gasteiger partial charge in [-0.2, -0.15) is 5.10 Å². The molecule has 19 heavy (non-hydrogen) atoms. The molecule has 0 bridgehead atoms. The highest BCUT2D eigenvalue weighted by Gasteiger charge is 2.08. The summed E-state index contributed by atoms with van der Waals surface area (Å²) in [5, 5.41) is 16.0. The Morgan fingerprint density at radius 1 is 1.47 bits per heavy atom. The van der Waals surface area contributed by atoms with Crippen LogP contribution in [0, 0.1) is 0 Å². The predicted molar refractivity (Wildman–Crippen MR) is 79.6 cm³/mol. The maximum absolute atomic E-state index is 12.0. The SMILES string of the molecule is CN(C)CCn1ncc(NCCCCO)c(Br)c1=O. The Morgan fingerprint density at radius 3 is 2.84 bits per heavy atom. The second kappa shape index (κ2) is 8.29. The van der Waals surface area contributed by atoms with Crippen LogP contribution in [0.4, 0.5) is 5.69 Å². The molecule has 0 radical (unpaired) electrons. The summed E-state index contributed by atoms with van der Waals surface area (Å²) in [5.74, 6) is 0. The minimum absolute atomic E-state index is 0.131. The number of nitrogens with zero attached hydrogens (tertiary/aromatic N) is 3. The quantitative estimate of drug-likeness (QED) is 0.687. The summed E-state index contributed by atoms with van der Waals surface area (Å²) in [6.07, 6.45) is 3.25. The van der Waals surface area contributed by atoms with Crippen molar-refractivity contribution in [3.63, 3.8) is 0 Å². The Hall–Kier alpha value is -0.920. The third-order valence-corrected chi connectivity index (χ3v) is 3.41. The number of halogens is 1. The van der Waals surface area contributed by atoms with E-state index in [4.69, 9.17) is 5.11 Å². The van der Waals surface area contributed by atoms with Crippen molar-refractivity contribution in [1.29, 1.82) is 0 Å². The topological polar surface area (TPSA) is 70.4 Å². The molecule has 2 N–H and O–H groups in total. The van der Waals surface area contributed by atoms with Crippen LogP contribution in [-0.2, 0) is 6.54 Å². The second-order valence-electron chi connectivity index (χ2n) is 4.56. The molecule has 1 aromatic rings. The van der Waals surface area contributed by atoms with Gasteiger partial charge in [0.25, 0.3) is 5.56 Å². The van der Waals surface area contributed by atoms with E-state index >= 15 is 0 Å². The summed E-state index contributed by atoms with van der Waals surface area (Å²) in [6, 6.07) is 0. The largest absolute Gasteiger partial charge is 0.396 e. The summed E-state index contributed by atoms with van der Waals surface area (Å²) in [6.45, 7) is 2.23. The number of rotatable bonds is 8. The molecule has 7 heteroatoms. The van der Waals surface area contributed by atoms with Gasteiger partial charge in [-0.1, -0.05) is 0 Å². The summed E-state index contributed by atoms with van der Waals surface area (Å²) in [7, 11) is 3.91.